The molecule has 0 bridgehead atoms. The maximum absolute atomic E-state index is 12.6. The van der Waals surface area contributed by atoms with Gasteiger partial charge in [-0.1, -0.05) is 0 Å². The van der Waals surface area contributed by atoms with Gasteiger partial charge in [-0.2, -0.15) is 5.10 Å². The van der Waals surface area contributed by atoms with E-state index in [4.69, 9.17) is 0 Å². The molecule has 3 heterocycles. The van der Waals surface area contributed by atoms with Crippen molar-refractivity contribution in [3.05, 3.63) is 35.5 Å². The van der Waals surface area contributed by atoms with Crippen molar-refractivity contribution in [1.29, 1.82) is 0 Å². The Morgan fingerprint density at radius 1 is 1.38 bits per heavy atom. The van der Waals surface area contributed by atoms with Crippen molar-refractivity contribution < 1.29 is 9.90 Å². The molecular weight excluding hydrogens is 332 g/mol. The molecule has 1 amide bonds. The summed E-state index contributed by atoms with van der Waals surface area (Å²) < 4.78 is 1.79. The Balaban J connectivity index is 1.62. The maximum Gasteiger partial charge on any atom is 0.226 e. The van der Waals surface area contributed by atoms with Crippen molar-refractivity contribution in [2.24, 2.45) is 7.05 Å². The minimum absolute atomic E-state index is 0.0180. The lowest BCUT2D eigenvalue weighted by molar-refractivity contribution is -0.132. The lowest BCUT2D eigenvalue weighted by atomic mass is 10.0. The minimum atomic E-state index is -0.943. The van der Waals surface area contributed by atoms with Gasteiger partial charge in [0.1, 0.15) is 11.4 Å². The van der Waals surface area contributed by atoms with Gasteiger partial charge in [0.05, 0.1) is 24.9 Å². The number of amides is 1. The highest BCUT2D eigenvalue weighted by atomic mass is 16.3. The topological polar surface area (TPSA) is 87.4 Å². The number of aliphatic hydroxyl groups is 1. The molecule has 1 saturated heterocycles. The van der Waals surface area contributed by atoms with Crippen LogP contribution in [0.1, 0.15) is 23.4 Å². The molecule has 8 heteroatoms. The number of carbonyl (C=O) groups is 1. The van der Waals surface area contributed by atoms with Crippen molar-refractivity contribution in [1.82, 2.24) is 24.6 Å². The number of anilines is 1. The molecule has 26 heavy (non-hydrogen) atoms. The van der Waals surface area contributed by atoms with Gasteiger partial charge in [0.15, 0.2) is 0 Å². The second kappa shape index (κ2) is 7.03. The van der Waals surface area contributed by atoms with Gasteiger partial charge < -0.3 is 14.9 Å². The van der Waals surface area contributed by atoms with E-state index in [0.717, 1.165) is 22.8 Å². The number of likely N-dealkylation sites (N-methyl/N-ethyl adjacent to an activating group) is 1. The second-order valence-electron chi connectivity index (χ2n) is 7.16. The van der Waals surface area contributed by atoms with Crippen molar-refractivity contribution in [2.45, 2.75) is 32.3 Å². The number of hydrogen-bond donors (Lipinski definition) is 1. The molecule has 1 fully saturated rings. The van der Waals surface area contributed by atoms with Crippen molar-refractivity contribution in [2.75, 3.05) is 31.6 Å². The van der Waals surface area contributed by atoms with Crippen LogP contribution in [0.15, 0.2) is 18.6 Å². The van der Waals surface area contributed by atoms with Gasteiger partial charge in [-0.3, -0.25) is 14.5 Å². The lowest BCUT2D eigenvalue weighted by Crippen LogP contribution is -2.46. The first-order valence-corrected chi connectivity index (χ1v) is 8.75. The van der Waals surface area contributed by atoms with Crippen LogP contribution in [0.2, 0.25) is 0 Å². The van der Waals surface area contributed by atoms with Crippen LogP contribution in [0.3, 0.4) is 0 Å². The molecule has 0 spiro atoms. The molecule has 0 unspecified atom stereocenters. The molecule has 0 saturated carbocycles. The van der Waals surface area contributed by atoms with Crippen LogP contribution in [0.25, 0.3) is 0 Å². The van der Waals surface area contributed by atoms with E-state index in [1.807, 2.05) is 25.8 Å². The van der Waals surface area contributed by atoms with Crippen LogP contribution >= 0.6 is 0 Å². The molecule has 0 aromatic carbocycles. The Morgan fingerprint density at radius 3 is 2.77 bits per heavy atom. The van der Waals surface area contributed by atoms with Crippen LogP contribution in [-0.4, -0.2) is 67.9 Å². The molecule has 0 aliphatic carbocycles. The lowest BCUT2D eigenvalue weighted by Gasteiger charge is -2.29. The Bertz CT molecular complexity index is 790. The predicted octanol–water partition coefficient (Wildman–Crippen LogP) is 0.469. The average Bonchev–Trinajstić information content (AvgIpc) is 3.11. The van der Waals surface area contributed by atoms with Crippen molar-refractivity contribution >= 4 is 11.7 Å². The summed E-state index contributed by atoms with van der Waals surface area (Å²) in [6.07, 6.45) is 5.84. The van der Waals surface area contributed by atoms with E-state index in [1.165, 1.54) is 0 Å². The van der Waals surface area contributed by atoms with Crippen LogP contribution < -0.4 is 4.90 Å². The average molecular weight is 358 g/mol. The fourth-order valence-electron chi connectivity index (χ4n) is 3.52. The number of rotatable bonds is 5. The molecule has 0 radical (unpaired) electrons. The zero-order valence-corrected chi connectivity index (χ0v) is 15.8. The first-order valence-electron chi connectivity index (χ1n) is 8.75. The van der Waals surface area contributed by atoms with Crippen LogP contribution in [0.4, 0.5) is 5.82 Å². The van der Waals surface area contributed by atoms with E-state index >= 15 is 0 Å². The highest BCUT2D eigenvalue weighted by molar-refractivity contribution is 5.79. The van der Waals surface area contributed by atoms with Crippen molar-refractivity contribution in [3.8, 4) is 0 Å². The summed E-state index contributed by atoms with van der Waals surface area (Å²) in [5, 5.41) is 15.3. The molecule has 3 rings (SSSR count). The number of nitrogens with zero attached hydrogens (tertiary/aromatic N) is 6. The predicted molar refractivity (Wildman–Crippen MR) is 97.8 cm³/mol. The molecule has 140 valence electrons. The molecular formula is C18H26N6O2. The number of aromatic nitrogens is 4. The zero-order chi connectivity index (χ0) is 18.9. The van der Waals surface area contributed by atoms with Gasteiger partial charge in [-0.25, -0.2) is 4.98 Å². The standard InChI is InChI=1S/C18H26N6O2/c1-13-15(14(2)23(4)21-13)9-17(25)22(3)11-18(26)5-8-24(12-18)16-10-19-6-7-20-16/h6-7,10,26H,5,8-9,11-12H2,1-4H3/t18-/m0/s1. The Hall–Kier alpha value is -2.48. The summed E-state index contributed by atoms with van der Waals surface area (Å²) >= 11 is 0. The second-order valence-corrected chi connectivity index (χ2v) is 7.16. The number of carbonyl (C=O) groups excluding carboxylic acids is 1. The molecule has 1 atom stereocenters. The largest absolute Gasteiger partial charge is 0.386 e. The van der Waals surface area contributed by atoms with Crippen molar-refractivity contribution in [3.63, 3.8) is 0 Å². The van der Waals surface area contributed by atoms with E-state index in [1.54, 1.807) is 35.2 Å². The zero-order valence-electron chi connectivity index (χ0n) is 15.8. The summed E-state index contributed by atoms with van der Waals surface area (Å²) in [7, 11) is 3.62. The van der Waals surface area contributed by atoms with Gasteiger partial charge in [0, 0.05) is 50.8 Å². The van der Waals surface area contributed by atoms with Gasteiger partial charge >= 0.3 is 0 Å². The summed E-state index contributed by atoms with van der Waals surface area (Å²) in [5.74, 6) is 0.731. The highest BCUT2D eigenvalue weighted by Gasteiger charge is 2.38. The summed E-state index contributed by atoms with van der Waals surface area (Å²) in [6, 6.07) is 0. The summed E-state index contributed by atoms with van der Waals surface area (Å²) in [4.78, 5) is 24.6. The number of aryl methyl sites for hydroxylation is 2. The Labute approximate surface area is 153 Å². The molecule has 2 aromatic rings. The van der Waals surface area contributed by atoms with E-state index in [-0.39, 0.29) is 5.91 Å². The van der Waals surface area contributed by atoms with Gasteiger partial charge in [0.2, 0.25) is 5.91 Å². The first-order chi connectivity index (χ1) is 12.3. The van der Waals surface area contributed by atoms with Gasteiger partial charge in [-0.05, 0) is 20.3 Å². The monoisotopic (exact) mass is 358 g/mol. The summed E-state index contributed by atoms with van der Waals surface area (Å²) in [6.45, 7) is 5.30. The van der Waals surface area contributed by atoms with E-state index in [9.17, 15) is 9.90 Å². The van der Waals surface area contributed by atoms with Gasteiger partial charge in [0.25, 0.3) is 0 Å². The van der Waals surface area contributed by atoms with E-state index in [2.05, 4.69) is 15.1 Å². The minimum Gasteiger partial charge on any atom is -0.386 e. The molecule has 1 aliphatic heterocycles. The fourth-order valence-corrected chi connectivity index (χ4v) is 3.52. The third-order valence-electron chi connectivity index (χ3n) is 5.15. The van der Waals surface area contributed by atoms with Gasteiger partial charge in [-0.15, -0.1) is 0 Å². The molecule has 2 aromatic heterocycles. The Kier molecular flexibility index (Phi) is 4.95. The smallest absolute Gasteiger partial charge is 0.226 e. The quantitative estimate of drug-likeness (QED) is 0.836. The fraction of sp³-hybridized carbons (Fsp3) is 0.556. The van der Waals surface area contributed by atoms with E-state index in [0.29, 0.717) is 32.5 Å². The molecule has 1 aliphatic rings. The third-order valence-corrected chi connectivity index (χ3v) is 5.15. The molecule has 1 N–H and O–H groups in total. The highest BCUT2D eigenvalue weighted by Crippen LogP contribution is 2.26. The summed E-state index contributed by atoms with van der Waals surface area (Å²) in [5.41, 5.74) is 1.89. The van der Waals surface area contributed by atoms with Crippen LogP contribution in [0, 0.1) is 13.8 Å². The SMILES string of the molecule is Cc1nn(C)c(C)c1CC(=O)N(C)C[C@@]1(O)CCN(c2cnccn2)C1. The normalized spacial score (nSPS) is 19.8. The molecule has 8 nitrogen and oxygen atoms in total. The van der Waals surface area contributed by atoms with Crippen LogP contribution in [0.5, 0.6) is 0 Å². The maximum atomic E-state index is 12.6. The van der Waals surface area contributed by atoms with Crippen LogP contribution in [-0.2, 0) is 18.3 Å². The Morgan fingerprint density at radius 2 is 2.15 bits per heavy atom. The van der Waals surface area contributed by atoms with E-state index < -0.39 is 5.60 Å². The first kappa shape index (κ1) is 18.3. The number of β-amino-alcohol motifs (C(OH)–C–C–N with tert-alkyl or cyclic N) is 1. The number of hydrogen-bond acceptors (Lipinski definition) is 6. The third kappa shape index (κ3) is 3.70.